The van der Waals surface area contributed by atoms with E-state index in [0.29, 0.717) is 5.39 Å². The van der Waals surface area contributed by atoms with Crippen molar-refractivity contribution in [3.8, 4) is 5.75 Å². The fourth-order valence-electron chi connectivity index (χ4n) is 2.12. The molecule has 0 bridgehead atoms. The SMILES string of the molecule is O=C(NNS(=O)(=O)c1ccc2oc(=O)ccc2c1)c1ccccc1O. The number of carbonyl (C=O) groups excluding carboxylic acids is 1. The maximum absolute atomic E-state index is 12.3. The number of hydrogen-bond donors (Lipinski definition) is 3. The van der Waals surface area contributed by atoms with Crippen LogP contribution in [0.1, 0.15) is 10.4 Å². The molecule has 3 N–H and O–H groups in total. The highest BCUT2D eigenvalue weighted by molar-refractivity contribution is 7.89. The van der Waals surface area contributed by atoms with E-state index < -0.39 is 21.6 Å². The lowest BCUT2D eigenvalue weighted by Crippen LogP contribution is -2.41. The lowest BCUT2D eigenvalue weighted by molar-refractivity contribution is 0.0942. The molecule has 1 amide bonds. The maximum atomic E-state index is 12.3. The lowest BCUT2D eigenvalue weighted by Gasteiger charge is -2.09. The van der Waals surface area contributed by atoms with Crippen LogP contribution in [0.2, 0.25) is 0 Å². The van der Waals surface area contributed by atoms with Crippen molar-refractivity contribution in [2.24, 2.45) is 0 Å². The minimum Gasteiger partial charge on any atom is -0.507 e. The third-order valence-electron chi connectivity index (χ3n) is 3.35. The highest BCUT2D eigenvalue weighted by atomic mass is 32.2. The van der Waals surface area contributed by atoms with Crippen LogP contribution in [0, 0.1) is 0 Å². The summed E-state index contributed by atoms with van der Waals surface area (Å²) in [4.78, 5) is 24.9. The number of aromatic hydroxyl groups is 1. The van der Waals surface area contributed by atoms with Crippen LogP contribution in [0.3, 0.4) is 0 Å². The number of benzene rings is 2. The molecule has 128 valence electrons. The quantitative estimate of drug-likeness (QED) is 0.473. The van der Waals surface area contributed by atoms with E-state index in [4.69, 9.17) is 4.42 Å². The van der Waals surface area contributed by atoms with E-state index >= 15 is 0 Å². The topological polar surface area (TPSA) is 126 Å². The van der Waals surface area contributed by atoms with Gasteiger partial charge in [0.2, 0.25) is 0 Å². The molecule has 0 saturated carbocycles. The maximum Gasteiger partial charge on any atom is 0.336 e. The normalized spacial score (nSPS) is 11.4. The Bertz CT molecular complexity index is 1120. The number of rotatable bonds is 4. The van der Waals surface area contributed by atoms with Crippen molar-refractivity contribution in [3.63, 3.8) is 0 Å². The molecular formula is C16H12N2O6S. The van der Waals surface area contributed by atoms with Crippen molar-refractivity contribution >= 4 is 26.9 Å². The minimum atomic E-state index is -4.06. The van der Waals surface area contributed by atoms with Gasteiger partial charge in [-0.05, 0) is 36.4 Å². The third kappa shape index (κ3) is 3.52. The van der Waals surface area contributed by atoms with Crippen LogP contribution in [-0.4, -0.2) is 19.4 Å². The van der Waals surface area contributed by atoms with E-state index in [9.17, 15) is 23.1 Å². The zero-order chi connectivity index (χ0) is 18.0. The summed E-state index contributed by atoms with van der Waals surface area (Å²) in [6.45, 7) is 0. The second-order valence-corrected chi connectivity index (χ2v) is 6.71. The van der Waals surface area contributed by atoms with Gasteiger partial charge in [-0.25, -0.2) is 13.2 Å². The molecule has 0 atom stereocenters. The molecule has 9 heteroatoms. The van der Waals surface area contributed by atoms with E-state index in [-0.39, 0.29) is 21.8 Å². The number of amides is 1. The zero-order valence-electron chi connectivity index (χ0n) is 12.6. The van der Waals surface area contributed by atoms with Gasteiger partial charge in [0.25, 0.3) is 15.9 Å². The zero-order valence-corrected chi connectivity index (χ0v) is 13.4. The molecule has 3 rings (SSSR count). The number of carbonyl (C=O) groups is 1. The van der Waals surface area contributed by atoms with Gasteiger partial charge < -0.3 is 9.52 Å². The first kappa shape index (κ1) is 16.7. The largest absolute Gasteiger partial charge is 0.507 e. The number of phenolic OH excluding ortho intramolecular Hbond substituents is 1. The molecular weight excluding hydrogens is 348 g/mol. The van der Waals surface area contributed by atoms with Gasteiger partial charge in [0.15, 0.2) is 0 Å². The molecule has 25 heavy (non-hydrogen) atoms. The summed E-state index contributed by atoms with van der Waals surface area (Å²) in [5.41, 5.74) is 1.64. The molecule has 2 aromatic carbocycles. The Labute approximate surface area is 141 Å². The summed E-state index contributed by atoms with van der Waals surface area (Å²) in [5, 5.41) is 10.0. The Morgan fingerprint density at radius 3 is 2.56 bits per heavy atom. The van der Waals surface area contributed by atoms with Gasteiger partial charge in [-0.3, -0.25) is 10.2 Å². The van der Waals surface area contributed by atoms with Gasteiger partial charge in [0.1, 0.15) is 11.3 Å². The van der Waals surface area contributed by atoms with Gasteiger partial charge in [0.05, 0.1) is 10.5 Å². The predicted octanol–water partition coefficient (Wildman–Crippen LogP) is 1.12. The van der Waals surface area contributed by atoms with E-state index in [1.165, 1.54) is 54.6 Å². The van der Waals surface area contributed by atoms with Gasteiger partial charge in [-0.2, -0.15) is 0 Å². The molecule has 0 fully saturated rings. The molecule has 0 aliphatic rings. The number of fused-ring (bicyclic) bond motifs is 1. The highest BCUT2D eigenvalue weighted by Crippen LogP contribution is 2.18. The van der Waals surface area contributed by atoms with Gasteiger partial charge >= 0.3 is 5.63 Å². The average Bonchev–Trinajstić information content (AvgIpc) is 2.59. The third-order valence-corrected chi connectivity index (χ3v) is 4.59. The minimum absolute atomic E-state index is 0.0783. The molecule has 0 unspecified atom stereocenters. The van der Waals surface area contributed by atoms with Crippen LogP contribution in [-0.2, 0) is 10.0 Å². The Balaban J connectivity index is 1.82. The predicted molar refractivity (Wildman–Crippen MR) is 88.4 cm³/mol. The molecule has 0 aliphatic carbocycles. The molecule has 0 spiro atoms. The van der Waals surface area contributed by atoms with Crippen LogP contribution < -0.4 is 15.9 Å². The van der Waals surface area contributed by atoms with Crippen molar-refractivity contribution in [2.75, 3.05) is 0 Å². The Morgan fingerprint density at radius 2 is 1.80 bits per heavy atom. The van der Waals surface area contributed by atoms with Crippen molar-refractivity contribution in [1.82, 2.24) is 10.3 Å². The van der Waals surface area contributed by atoms with Crippen LogP contribution in [0.5, 0.6) is 5.75 Å². The molecule has 0 aliphatic heterocycles. The highest BCUT2D eigenvalue weighted by Gasteiger charge is 2.17. The Hall–Kier alpha value is -3.17. The van der Waals surface area contributed by atoms with Crippen molar-refractivity contribution in [3.05, 3.63) is 70.6 Å². The Morgan fingerprint density at radius 1 is 1.04 bits per heavy atom. The summed E-state index contributed by atoms with van der Waals surface area (Å²) < 4.78 is 29.5. The van der Waals surface area contributed by atoms with Crippen molar-refractivity contribution in [1.29, 1.82) is 0 Å². The molecule has 3 aromatic rings. The molecule has 8 nitrogen and oxygen atoms in total. The molecule has 1 aromatic heterocycles. The second-order valence-electron chi connectivity index (χ2n) is 5.03. The van der Waals surface area contributed by atoms with Crippen molar-refractivity contribution in [2.45, 2.75) is 4.90 Å². The monoisotopic (exact) mass is 360 g/mol. The fraction of sp³-hybridized carbons (Fsp3) is 0. The van der Waals surface area contributed by atoms with Crippen LogP contribution >= 0.6 is 0 Å². The summed E-state index contributed by atoms with van der Waals surface area (Å²) >= 11 is 0. The summed E-state index contributed by atoms with van der Waals surface area (Å²) in [5.74, 6) is -1.09. The van der Waals surface area contributed by atoms with E-state index in [1.807, 2.05) is 10.3 Å². The molecule has 0 saturated heterocycles. The first-order valence-electron chi connectivity index (χ1n) is 7.01. The Kier molecular flexibility index (Phi) is 4.26. The lowest BCUT2D eigenvalue weighted by atomic mass is 10.2. The summed E-state index contributed by atoms with van der Waals surface area (Å²) in [6, 6.07) is 12.2. The number of phenols is 1. The summed E-state index contributed by atoms with van der Waals surface area (Å²) in [7, 11) is -4.06. The summed E-state index contributed by atoms with van der Waals surface area (Å²) in [6.07, 6.45) is 0. The first-order valence-corrected chi connectivity index (χ1v) is 8.49. The molecule has 1 heterocycles. The standard InChI is InChI=1S/C16H12N2O6S/c19-13-4-2-1-3-12(13)16(21)17-18-25(22,23)11-6-7-14-10(9-11)5-8-15(20)24-14/h1-9,18-19H,(H,17,21). The van der Waals surface area contributed by atoms with Gasteiger partial charge in [0, 0.05) is 11.5 Å². The number of hydrazine groups is 1. The van der Waals surface area contributed by atoms with Gasteiger partial charge in [-0.15, -0.1) is 4.83 Å². The van der Waals surface area contributed by atoms with Crippen LogP contribution in [0.25, 0.3) is 11.0 Å². The van der Waals surface area contributed by atoms with E-state index in [1.54, 1.807) is 0 Å². The van der Waals surface area contributed by atoms with Crippen molar-refractivity contribution < 1.29 is 22.7 Å². The number of nitrogens with one attached hydrogen (secondary N) is 2. The van der Waals surface area contributed by atoms with Crippen LogP contribution in [0.15, 0.2) is 68.7 Å². The van der Waals surface area contributed by atoms with Gasteiger partial charge in [-0.1, -0.05) is 12.1 Å². The number of hydrogen-bond acceptors (Lipinski definition) is 6. The van der Waals surface area contributed by atoms with E-state index in [0.717, 1.165) is 0 Å². The smallest absolute Gasteiger partial charge is 0.336 e. The number of sulfonamides is 1. The molecule has 0 radical (unpaired) electrons. The number of para-hydroxylation sites is 1. The van der Waals surface area contributed by atoms with E-state index in [2.05, 4.69) is 0 Å². The fourth-order valence-corrected chi connectivity index (χ4v) is 3.00. The second kappa shape index (κ2) is 6.38. The first-order chi connectivity index (χ1) is 11.9. The van der Waals surface area contributed by atoms with Crippen LogP contribution in [0.4, 0.5) is 0 Å². The average molecular weight is 360 g/mol.